The van der Waals surface area contributed by atoms with E-state index in [1.165, 1.54) is 0 Å². The summed E-state index contributed by atoms with van der Waals surface area (Å²) in [5, 5.41) is 3.40. The third kappa shape index (κ3) is 4.29. The molecule has 124 valence electrons. The first-order valence-corrected chi connectivity index (χ1v) is 9.09. The average Bonchev–Trinajstić information content (AvgIpc) is 2.63. The number of benzene rings is 1. The Kier molecular flexibility index (Phi) is 4.96. The first kappa shape index (κ1) is 17.4. The van der Waals surface area contributed by atoms with Gasteiger partial charge in [-0.3, -0.25) is 0 Å². The highest BCUT2D eigenvalue weighted by atomic mass is 32.2. The summed E-state index contributed by atoms with van der Waals surface area (Å²) in [5.74, 6) is 0. The van der Waals surface area contributed by atoms with Crippen LogP contribution in [0, 0.1) is 0 Å². The molecule has 0 bridgehead atoms. The molecular formula is C16H26N2O3S. The largest absolute Gasteiger partial charge is 0.368 e. The molecule has 1 saturated heterocycles. The summed E-state index contributed by atoms with van der Waals surface area (Å²) in [7, 11) is -3.43. The maximum atomic E-state index is 12.1. The molecule has 5 nitrogen and oxygen atoms in total. The summed E-state index contributed by atoms with van der Waals surface area (Å²) >= 11 is 0. The van der Waals surface area contributed by atoms with E-state index in [0.29, 0.717) is 18.0 Å². The van der Waals surface area contributed by atoms with Crippen molar-refractivity contribution in [2.24, 2.45) is 0 Å². The van der Waals surface area contributed by atoms with Crippen molar-refractivity contribution in [2.45, 2.75) is 56.3 Å². The van der Waals surface area contributed by atoms with Crippen LogP contribution in [0.3, 0.4) is 0 Å². The summed E-state index contributed by atoms with van der Waals surface area (Å²) < 4.78 is 32.8. The monoisotopic (exact) mass is 326 g/mol. The zero-order valence-corrected chi connectivity index (χ0v) is 14.5. The molecule has 1 unspecified atom stereocenters. The quantitative estimate of drug-likeness (QED) is 0.784. The Morgan fingerprint density at radius 1 is 1.14 bits per heavy atom. The van der Waals surface area contributed by atoms with Gasteiger partial charge in [-0.2, -0.15) is 0 Å². The number of sulfonamides is 1. The number of nitrogens with one attached hydrogen (secondary N) is 2. The predicted molar refractivity (Wildman–Crippen MR) is 87.3 cm³/mol. The molecule has 0 amide bonds. The summed E-state index contributed by atoms with van der Waals surface area (Å²) in [4.78, 5) is 0.292. The van der Waals surface area contributed by atoms with E-state index in [4.69, 9.17) is 4.74 Å². The van der Waals surface area contributed by atoms with Crippen LogP contribution in [0.5, 0.6) is 0 Å². The molecule has 1 atom stereocenters. The van der Waals surface area contributed by atoms with Crippen molar-refractivity contribution in [2.75, 3.05) is 13.1 Å². The fraction of sp³-hybridized carbons (Fsp3) is 0.625. The van der Waals surface area contributed by atoms with Crippen molar-refractivity contribution >= 4 is 10.0 Å². The van der Waals surface area contributed by atoms with Crippen LogP contribution >= 0.6 is 0 Å². The van der Waals surface area contributed by atoms with Crippen molar-refractivity contribution in [3.8, 4) is 0 Å². The van der Waals surface area contributed by atoms with Crippen molar-refractivity contribution < 1.29 is 13.2 Å². The second kappa shape index (κ2) is 6.28. The molecule has 0 aliphatic carbocycles. The lowest BCUT2D eigenvalue weighted by atomic mass is 9.94. The first-order valence-electron chi connectivity index (χ1n) is 7.61. The number of rotatable bonds is 6. The minimum absolute atomic E-state index is 0.148. The normalized spacial score (nSPS) is 23.5. The molecule has 0 radical (unpaired) electrons. The first-order chi connectivity index (χ1) is 10.1. The molecule has 2 N–H and O–H groups in total. The van der Waals surface area contributed by atoms with Crippen molar-refractivity contribution in [3.63, 3.8) is 0 Å². The zero-order valence-electron chi connectivity index (χ0n) is 13.7. The maximum absolute atomic E-state index is 12.1. The van der Waals surface area contributed by atoms with Gasteiger partial charge >= 0.3 is 0 Å². The van der Waals surface area contributed by atoms with Gasteiger partial charge in [0.1, 0.15) is 0 Å². The summed E-state index contributed by atoms with van der Waals surface area (Å²) in [6.45, 7) is 9.20. The average molecular weight is 326 g/mol. The van der Waals surface area contributed by atoms with Gasteiger partial charge in [-0.05, 0) is 46.2 Å². The van der Waals surface area contributed by atoms with Crippen LogP contribution in [-0.2, 0) is 14.8 Å². The molecule has 1 aromatic rings. The molecule has 6 heteroatoms. The third-order valence-corrected chi connectivity index (χ3v) is 5.41. The Hall–Kier alpha value is -0.950. The van der Waals surface area contributed by atoms with E-state index in [2.05, 4.69) is 37.7 Å². The van der Waals surface area contributed by atoms with E-state index < -0.39 is 10.0 Å². The molecule has 22 heavy (non-hydrogen) atoms. The smallest absolute Gasteiger partial charge is 0.240 e. The van der Waals surface area contributed by atoms with E-state index in [1.807, 2.05) is 0 Å². The van der Waals surface area contributed by atoms with Crippen LogP contribution in [0.1, 0.15) is 34.1 Å². The molecule has 2 rings (SSSR count). The Bertz CT molecular complexity index is 597. The topological polar surface area (TPSA) is 67.4 Å². The molecule has 1 aromatic carbocycles. The van der Waals surface area contributed by atoms with E-state index in [1.54, 1.807) is 30.3 Å². The number of ether oxygens (including phenoxy) is 1. The highest BCUT2D eigenvalue weighted by molar-refractivity contribution is 7.89. The second-order valence-corrected chi connectivity index (χ2v) is 8.65. The predicted octanol–water partition coefficient (Wildman–Crippen LogP) is 1.90. The standard InChI is InChI=1S/C16H26N2O3S/c1-15(2)12-14(16(3,4)21-15)17-10-11-18-22(19,20)13-8-6-5-7-9-13/h5-9,14,17-18H,10-12H2,1-4H3. The van der Waals surface area contributed by atoms with Gasteiger partial charge in [0, 0.05) is 19.1 Å². The van der Waals surface area contributed by atoms with Crippen LogP contribution in [0.25, 0.3) is 0 Å². The minimum Gasteiger partial charge on any atom is -0.368 e. The maximum Gasteiger partial charge on any atom is 0.240 e. The fourth-order valence-corrected chi connectivity index (χ4v) is 4.05. The molecule has 0 spiro atoms. The SMILES string of the molecule is CC1(C)CC(NCCNS(=O)(=O)c2ccccc2)C(C)(C)O1. The zero-order chi connectivity index (χ0) is 16.4. The Labute approximate surface area is 133 Å². The molecular weight excluding hydrogens is 300 g/mol. The lowest BCUT2D eigenvalue weighted by Gasteiger charge is -2.27. The Morgan fingerprint density at radius 2 is 1.77 bits per heavy atom. The second-order valence-electron chi connectivity index (χ2n) is 6.89. The minimum atomic E-state index is -3.43. The lowest BCUT2D eigenvalue weighted by molar-refractivity contribution is -0.0697. The lowest BCUT2D eigenvalue weighted by Crippen LogP contribution is -2.46. The van der Waals surface area contributed by atoms with Gasteiger partial charge in [-0.1, -0.05) is 18.2 Å². The summed E-state index contributed by atoms with van der Waals surface area (Å²) in [6.07, 6.45) is 0.908. The van der Waals surface area contributed by atoms with Gasteiger partial charge in [-0.15, -0.1) is 0 Å². The van der Waals surface area contributed by atoms with Gasteiger partial charge in [0.2, 0.25) is 10.0 Å². The Balaban J connectivity index is 1.83. The van der Waals surface area contributed by atoms with Gasteiger partial charge in [0.25, 0.3) is 0 Å². The Morgan fingerprint density at radius 3 is 2.32 bits per heavy atom. The molecule has 1 aliphatic heterocycles. The van der Waals surface area contributed by atoms with Gasteiger partial charge in [-0.25, -0.2) is 13.1 Å². The fourth-order valence-electron chi connectivity index (χ4n) is 3.00. The molecule has 1 aliphatic rings. The van der Waals surface area contributed by atoms with E-state index in [9.17, 15) is 8.42 Å². The van der Waals surface area contributed by atoms with Gasteiger partial charge in [0.15, 0.2) is 0 Å². The van der Waals surface area contributed by atoms with Gasteiger partial charge < -0.3 is 10.1 Å². The highest BCUT2D eigenvalue weighted by Crippen LogP contribution is 2.36. The van der Waals surface area contributed by atoms with E-state index >= 15 is 0 Å². The van der Waals surface area contributed by atoms with Crippen LogP contribution in [-0.4, -0.2) is 38.8 Å². The van der Waals surface area contributed by atoms with Crippen molar-refractivity contribution in [1.82, 2.24) is 10.0 Å². The molecule has 0 saturated carbocycles. The van der Waals surface area contributed by atoms with Gasteiger partial charge in [0.05, 0.1) is 16.1 Å². The van der Waals surface area contributed by atoms with E-state index in [-0.39, 0.29) is 17.2 Å². The van der Waals surface area contributed by atoms with Crippen LogP contribution in [0.2, 0.25) is 0 Å². The number of hydrogen-bond donors (Lipinski definition) is 2. The van der Waals surface area contributed by atoms with Crippen LogP contribution < -0.4 is 10.0 Å². The number of hydrogen-bond acceptors (Lipinski definition) is 4. The van der Waals surface area contributed by atoms with Crippen molar-refractivity contribution in [3.05, 3.63) is 30.3 Å². The van der Waals surface area contributed by atoms with E-state index in [0.717, 1.165) is 6.42 Å². The third-order valence-electron chi connectivity index (χ3n) is 3.94. The molecule has 1 heterocycles. The summed E-state index contributed by atoms with van der Waals surface area (Å²) in [6, 6.07) is 8.62. The van der Waals surface area contributed by atoms with Crippen LogP contribution in [0.15, 0.2) is 35.2 Å². The molecule has 0 aromatic heterocycles. The highest BCUT2D eigenvalue weighted by Gasteiger charge is 2.45. The molecule has 1 fully saturated rings. The summed E-state index contributed by atoms with van der Waals surface area (Å²) in [5.41, 5.74) is -0.396. The van der Waals surface area contributed by atoms with Crippen molar-refractivity contribution in [1.29, 1.82) is 0 Å². The van der Waals surface area contributed by atoms with Crippen LogP contribution in [0.4, 0.5) is 0 Å².